The topological polar surface area (TPSA) is 237 Å². The monoisotopic (exact) mass is 1530 g/mol. The van der Waals surface area contributed by atoms with Gasteiger partial charge in [-0.05, 0) is 109 Å². The predicted molar refractivity (Wildman–Crippen MR) is 436 cm³/mol. The van der Waals surface area contributed by atoms with Crippen LogP contribution in [0.2, 0.25) is 0 Å². The van der Waals surface area contributed by atoms with Crippen molar-refractivity contribution in [3.05, 3.63) is 109 Å². The van der Waals surface area contributed by atoms with E-state index >= 15 is 0 Å². The molecule has 3 N–H and O–H groups in total. The number of unbranched alkanes of at least 4 members (excludes halogenated alkanes) is 35. The molecule has 17 nitrogen and oxygen atoms in total. The van der Waals surface area contributed by atoms with Crippen molar-refractivity contribution < 1.29 is 80.2 Å². The fourth-order valence-electron chi connectivity index (χ4n) is 11.4. The molecule has 0 radical (unpaired) electrons. The molecule has 612 valence electrons. The molecule has 0 bridgehead atoms. The van der Waals surface area contributed by atoms with Gasteiger partial charge in [0, 0.05) is 25.7 Å². The van der Waals surface area contributed by atoms with Gasteiger partial charge in [0.2, 0.25) is 0 Å². The Morgan fingerprint density at radius 2 is 0.491 bits per heavy atom. The lowest BCUT2D eigenvalue weighted by Gasteiger charge is -2.21. The van der Waals surface area contributed by atoms with Crippen LogP contribution in [0.4, 0.5) is 0 Å². The van der Waals surface area contributed by atoms with Crippen molar-refractivity contribution in [2.45, 2.75) is 380 Å². The highest BCUT2D eigenvalue weighted by Crippen LogP contribution is 2.45. The second kappa shape index (κ2) is 78.8. The van der Waals surface area contributed by atoms with E-state index in [1.54, 1.807) is 0 Å². The number of rotatable bonds is 79. The first-order valence-corrected chi connectivity index (χ1v) is 45.1. The van der Waals surface area contributed by atoms with Gasteiger partial charge in [0.25, 0.3) is 0 Å². The highest BCUT2D eigenvalue weighted by atomic mass is 31.2. The number of carbonyl (C=O) groups is 4. The van der Waals surface area contributed by atoms with E-state index in [1.807, 2.05) is 0 Å². The van der Waals surface area contributed by atoms with E-state index in [4.69, 9.17) is 37.0 Å². The number of carbonyl (C=O) groups excluding carboxylic acids is 4. The number of allylic oxidation sites excluding steroid dienone is 18. The lowest BCUT2D eigenvalue weighted by Crippen LogP contribution is -2.30. The normalized spacial score (nSPS) is 14.4. The van der Waals surface area contributed by atoms with Crippen molar-refractivity contribution >= 4 is 39.5 Å². The molecule has 0 rings (SSSR count). The maximum Gasteiger partial charge on any atom is 0.472 e. The summed E-state index contributed by atoms with van der Waals surface area (Å²) in [4.78, 5) is 73.2. The van der Waals surface area contributed by atoms with Crippen LogP contribution in [0.15, 0.2) is 109 Å². The molecule has 5 unspecified atom stereocenters. The Kier molecular flexibility index (Phi) is 75.6. The van der Waals surface area contributed by atoms with Crippen LogP contribution in [0, 0.1) is 0 Å². The van der Waals surface area contributed by atoms with Gasteiger partial charge in [0.05, 0.1) is 26.4 Å². The molecular weight excluding hydrogens is 1380 g/mol. The van der Waals surface area contributed by atoms with Gasteiger partial charge >= 0.3 is 39.5 Å². The summed E-state index contributed by atoms with van der Waals surface area (Å²) in [5.74, 6) is -2.20. The molecule has 0 amide bonds. The van der Waals surface area contributed by atoms with E-state index < -0.39 is 97.5 Å². The van der Waals surface area contributed by atoms with Crippen LogP contribution >= 0.6 is 15.6 Å². The minimum atomic E-state index is -4.99. The molecule has 5 atom stereocenters. The highest BCUT2D eigenvalue weighted by molar-refractivity contribution is 7.47. The second-order valence-corrected chi connectivity index (χ2v) is 30.9. The van der Waals surface area contributed by atoms with E-state index in [0.717, 1.165) is 161 Å². The van der Waals surface area contributed by atoms with Gasteiger partial charge in [-0.2, -0.15) is 0 Å². The van der Waals surface area contributed by atoms with Crippen molar-refractivity contribution in [3.8, 4) is 0 Å². The van der Waals surface area contributed by atoms with Crippen molar-refractivity contribution in [2.75, 3.05) is 39.6 Å². The molecular formula is C87H152O17P2. The van der Waals surface area contributed by atoms with Crippen LogP contribution < -0.4 is 0 Å². The second-order valence-electron chi connectivity index (χ2n) is 28.0. The summed E-state index contributed by atoms with van der Waals surface area (Å²) in [7, 11) is -9.97. The minimum Gasteiger partial charge on any atom is -0.462 e. The maximum absolute atomic E-state index is 13.1. The summed E-state index contributed by atoms with van der Waals surface area (Å²) in [6.45, 7) is 4.66. The van der Waals surface area contributed by atoms with Crippen LogP contribution in [0.25, 0.3) is 0 Å². The number of phosphoric ester groups is 2. The molecule has 0 aromatic rings. The summed E-state index contributed by atoms with van der Waals surface area (Å²) in [6.07, 6.45) is 86.2. The summed E-state index contributed by atoms with van der Waals surface area (Å²) >= 11 is 0. The summed E-state index contributed by atoms with van der Waals surface area (Å²) in [5, 5.41) is 10.7. The van der Waals surface area contributed by atoms with E-state index in [-0.39, 0.29) is 25.7 Å². The first-order valence-electron chi connectivity index (χ1n) is 42.1. The summed E-state index contributed by atoms with van der Waals surface area (Å²) in [6, 6.07) is 0. The first-order chi connectivity index (χ1) is 51.7. The quantitative estimate of drug-likeness (QED) is 0.0169. The van der Waals surface area contributed by atoms with Crippen molar-refractivity contribution in [1.29, 1.82) is 0 Å². The predicted octanol–water partition coefficient (Wildman–Crippen LogP) is 24.9. The van der Waals surface area contributed by atoms with E-state index in [0.29, 0.717) is 25.7 Å². The molecule has 0 aromatic carbocycles. The molecule has 0 saturated heterocycles. The number of aliphatic hydroxyl groups is 1. The number of esters is 4. The molecule has 0 aliphatic heterocycles. The number of ether oxygens (including phenoxy) is 4. The van der Waals surface area contributed by atoms with Gasteiger partial charge < -0.3 is 33.8 Å². The largest absolute Gasteiger partial charge is 0.472 e. The molecule has 106 heavy (non-hydrogen) atoms. The smallest absolute Gasteiger partial charge is 0.462 e. The number of aliphatic hydroxyl groups excluding tert-OH is 1. The Balaban J connectivity index is 5.39. The van der Waals surface area contributed by atoms with Crippen LogP contribution in [0.3, 0.4) is 0 Å². The SMILES string of the molecule is CC/C=C\C/C=C\C/C=C\C/C=C\C/C=C\CCCCCC(=O)OCC(COP(=O)(O)OCC(O)COP(=O)(O)OCC(COC(=O)CCCCCCCCCCCCCCCCC)OC(=O)CCCCCCCCCCCCCCC)OC(=O)CCCCCCCC/C=C\C/C=C\C/C=C\C/C=C\CC. The third-order valence-corrected chi connectivity index (χ3v) is 19.7. The number of phosphoric acid groups is 2. The van der Waals surface area contributed by atoms with Gasteiger partial charge in [-0.1, -0.05) is 336 Å². The van der Waals surface area contributed by atoms with E-state index in [1.165, 1.54) is 122 Å². The van der Waals surface area contributed by atoms with Gasteiger partial charge in [-0.3, -0.25) is 37.3 Å². The molecule has 0 saturated carbocycles. The lowest BCUT2D eigenvalue weighted by atomic mass is 10.0. The van der Waals surface area contributed by atoms with Crippen LogP contribution in [-0.4, -0.2) is 96.7 Å². The number of hydrogen-bond acceptors (Lipinski definition) is 15. The third kappa shape index (κ3) is 77.9. The number of hydrogen-bond donors (Lipinski definition) is 3. The molecule has 0 fully saturated rings. The molecule has 0 heterocycles. The summed E-state index contributed by atoms with van der Waals surface area (Å²) in [5.41, 5.74) is 0. The Labute approximate surface area is 645 Å². The molecule has 19 heteroatoms. The summed E-state index contributed by atoms with van der Waals surface area (Å²) < 4.78 is 68.7. The fraction of sp³-hybridized carbons (Fsp3) is 0.747. The van der Waals surface area contributed by atoms with Crippen LogP contribution in [0.1, 0.15) is 362 Å². The Hall–Kier alpha value is -4.28. The van der Waals surface area contributed by atoms with E-state index in [9.17, 15) is 43.2 Å². The van der Waals surface area contributed by atoms with Crippen molar-refractivity contribution in [1.82, 2.24) is 0 Å². The fourth-order valence-corrected chi connectivity index (χ4v) is 13.0. The Morgan fingerprint density at radius 3 is 0.764 bits per heavy atom. The average Bonchev–Trinajstić information content (AvgIpc) is 0.903. The molecule has 0 spiro atoms. The zero-order valence-electron chi connectivity index (χ0n) is 67.1. The molecule has 0 aromatic heterocycles. The van der Waals surface area contributed by atoms with Gasteiger partial charge in [0.15, 0.2) is 12.2 Å². The molecule has 0 aliphatic rings. The third-order valence-electron chi connectivity index (χ3n) is 17.8. The lowest BCUT2D eigenvalue weighted by molar-refractivity contribution is -0.161. The zero-order chi connectivity index (χ0) is 77.4. The standard InChI is InChI=1S/C87H152O17P2/c1-5-9-13-17-21-25-29-33-36-38-40-42-45-49-52-56-60-64-68-72-85(90)98-78-83(104-87(92)74-70-66-62-58-54-50-46-43-41-39-37-34-30-26-22-18-14-10-6-2)80-102-106(95,96)100-76-81(88)75-99-105(93,94)101-79-82(103-86(91)73-69-65-61-57-53-47-32-28-24-20-16-12-8-4)77-97-84(89)71-67-63-59-55-51-48-44-35-31-27-23-19-15-11-7-3/h9-10,13-14,21-22,25-26,33-34,36-37,40-43,49,52,81-83,88H,5-8,11-12,15-20,23-24,27-32,35,38-39,44-48,50-51,53-80H2,1-4H3,(H,93,94)(H,95,96)/b13-9-,14-10-,25-21-,26-22-,36-33-,37-34-,42-40-,43-41-,52-49-. The van der Waals surface area contributed by atoms with Gasteiger partial charge in [-0.25, -0.2) is 9.13 Å². The minimum absolute atomic E-state index is 0.0700. The first kappa shape index (κ1) is 102. The highest BCUT2D eigenvalue weighted by Gasteiger charge is 2.30. The Morgan fingerprint density at radius 1 is 0.274 bits per heavy atom. The molecule has 0 aliphatic carbocycles. The van der Waals surface area contributed by atoms with Crippen LogP contribution in [-0.2, 0) is 65.4 Å². The van der Waals surface area contributed by atoms with Crippen molar-refractivity contribution in [3.63, 3.8) is 0 Å². The maximum atomic E-state index is 13.1. The zero-order valence-corrected chi connectivity index (χ0v) is 68.9. The van der Waals surface area contributed by atoms with Gasteiger partial charge in [-0.15, -0.1) is 0 Å². The van der Waals surface area contributed by atoms with Crippen molar-refractivity contribution in [2.24, 2.45) is 0 Å². The Bertz CT molecular complexity index is 2430. The van der Waals surface area contributed by atoms with E-state index in [2.05, 4.69) is 137 Å². The van der Waals surface area contributed by atoms with Crippen LogP contribution in [0.5, 0.6) is 0 Å². The average molecular weight is 1530 g/mol. The van der Waals surface area contributed by atoms with Gasteiger partial charge in [0.1, 0.15) is 19.3 Å².